The molecule has 1 atom stereocenters. The van der Waals surface area contributed by atoms with Crippen LogP contribution >= 0.6 is 12.4 Å². The zero-order valence-corrected chi connectivity index (χ0v) is 19.9. The SMILES string of the molecule is COCCCN1C(=O)C(C)(C)Oc2ccc(CN(C(=O)[C@H]3CNCCO3)C3CC3)cc21.Cl. The van der Waals surface area contributed by atoms with E-state index >= 15 is 0 Å². The molecule has 0 spiro atoms. The topological polar surface area (TPSA) is 80.3 Å². The fourth-order valence-corrected chi connectivity index (χ4v) is 4.18. The van der Waals surface area contributed by atoms with Crippen LogP contribution in [-0.4, -0.2) is 74.4 Å². The maximum atomic E-state index is 13.1. The van der Waals surface area contributed by atoms with Crippen LogP contribution in [0.15, 0.2) is 18.2 Å². The van der Waals surface area contributed by atoms with Crippen LogP contribution in [0.2, 0.25) is 0 Å². The van der Waals surface area contributed by atoms with Crippen molar-refractivity contribution < 1.29 is 23.8 Å². The smallest absolute Gasteiger partial charge is 0.270 e. The van der Waals surface area contributed by atoms with Gasteiger partial charge in [0.1, 0.15) is 11.9 Å². The number of fused-ring (bicyclic) bond motifs is 1. The summed E-state index contributed by atoms with van der Waals surface area (Å²) < 4.78 is 16.9. The zero-order valence-electron chi connectivity index (χ0n) is 19.1. The van der Waals surface area contributed by atoms with Gasteiger partial charge in [0.05, 0.1) is 12.3 Å². The van der Waals surface area contributed by atoms with E-state index in [0.29, 0.717) is 38.6 Å². The monoisotopic (exact) mass is 467 g/mol. The third-order valence-corrected chi connectivity index (χ3v) is 6.00. The molecular weight excluding hydrogens is 434 g/mol. The lowest BCUT2D eigenvalue weighted by Crippen LogP contribution is -2.53. The van der Waals surface area contributed by atoms with Crippen LogP contribution in [0.1, 0.15) is 38.7 Å². The fourth-order valence-electron chi connectivity index (χ4n) is 4.18. The van der Waals surface area contributed by atoms with Crippen LogP contribution in [0.25, 0.3) is 0 Å². The van der Waals surface area contributed by atoms with Gasteiger partial charge in [-0.3, -0.25) is 9.59 Å². The van der Waals surface area contributed by atoms with Crippen molar-refractivity contribution >= 4 is 29.9 Å². The molecule has 1 saturated carbocycles. The normalized spacial score (nSPS) is 21.9. The van der Waals surface area contributed by atoms with Crippen molar-refractivity contribution in [2.75, 3.05) is 44.9 Å². The van der Waals surface area contributed by atoms with Crippen molar-refractivity contribution in [2.45, 2.75) is 57.4 Å². The minimum atomic E-state index is -0.914. The number of halogens is 1. The predicted molar refractivity (Wildman–Crippen MR) is 123 cm³/mol. The molecule has 1 N–H and O–H groups in total. The number of nitrogens with one attached hydrogen (secondary N) is 1. The summed E-state index contributed by atoms with van der Waals surface area (Å²) >= 11 is 0. The Morgan fingerprint density at radius 2 is 2.12 bits per heavy atom. The highest BCUT2D eigenvalue weighted by Crippen LogP contribution is 2.39. The molecule has 2 fully saturated rings. The number of amides is 2. The molecule has 1 aromatic rings. The molecule has 2 heterocycles. The minimum absolute atomic E-state index is 0. The molecule has 0 aromatic heterocycles. The van der Waals surface area contributed by atoms with Crippen LogP contribution in [0.3, 0.4) is 0 Å². The minimum Gasteiger partial charge on any atom is -0.476 e. The number of carbonyl (C=O) groups excluding carboxylic acids is 2. The fraction of sp³-hybridized carbons (Fsp3) is 0.652. The van der Waals surface area contributed by atoms with E-state index in [9.17, 15) is 9.59 Å². The van der Waals surface area contributed by atoms with E-state index in [1.165, 1.54) is 0 Å². The van der Waals surface area contributed by atoms with E-state index in [-0.39, 0.29) is 30.3 Å². The van der Waals surface area contributed by atoms with E-state index in [1.807, 2.05) is 23.1 Å². The molecule has 2 aliphatic heterocycles. The molecule has 0 unspecified atom stereocenters. The predicted octanol–water partition coefficient (Wildman–Crippen LogP) is 2.13. The van der Waals surface area contributed by atoms with Crippen LogP contribution in [0.5, 0.6) is 5.75 Å². The van der Waals surface area contributed by atoms with Crippen molar-refractivity contribution in [3.8, 4) is 5.75 Å². The second kappa shape index (κ2) is 10.4. The first-order valence-corrected chi connectivity index (χ1v) is 11.2. The molecule has 1 saturated heterocycles. The molecule has 0 radical (unpaired) electrons. The van der Waals surface area contributed by atoms with Crippen molar-refractivity contribution in [3.05, 3.63) is 23.8 Å². The van der Waals surface area contributed by atoms with E-state index < -0.39 is 11.7 Å². The zero-order chi connectivity index (χ0) is 22.0. The first-order valence-electron chi connectivity index (χ1n) is 11.2. The molecule has 32 heavy (non-hydrogen) atoms. The molecule has 3 aliphatic rings. The lowest BCUT2D eigenvalue weighted by molar-refractivity contribution is -0.146. The van der Waals surface area contributed by atoms with E-state index in [2.05, 4.69) is 5.32 Å². The van der Waals surface area contributed by atoms with Crippen molar-refractivity contribution in [2.24, 2.45) is 0 Å². The lowest BCUT2D eigenvalue weighted by Gasteiger charge is -2.39. The van der Waals surface area contributed by atoms with Gasteiger partial charge in [0, 0.05) is 45.9 Å². The second-order valence-electron chi connectivity index (χ2n) is 8.98. The highest BCUT2D eigenvalue weighted by atomic mass is 35.5. The Labute approximate surface area is 196 Å². The van der Waals surface area contributed by atoms with Crippen LogP contribution < -0.4 is 15.0 Å². The molecule has 1 aromatic carbocycles. The Morgan fingerprint density at radius 1 is 1.34 bits per heavy atom. The Balaban J connectivity index is 0.00000289. The summed E-state index contributed by atoms with van der Waals surface area (Å²) in [6, 6.07) is 6.15. The van der Waals surface area contributed by atoms with Gasteiger partial charge >= 0.3 is 0 Å². The number of hydrogen-bond donors (Lipinski definition) is 1. The summed E-state index contributed by atoms with van der Waals surface area (Å²) in [7, 11) is 1.66. The number of nitrogens with zero attached hydrogens (tertiary/aromatic N) is 2. The Hall–Kier alpha value is -1.87. The highest BCUT2D eigenvalue weighted by molar-refractivity contribution is 6.02. The van der Waals surface area contributed by atoms with Crippen LogP contribution in [0.4, 0.5) is 5.69 Å². The van der Waals surface area contributed by atoms with Gasteiger partial charge in [-0.15, -0.1) is 12.4 Å². The lowest BCUT2D eigenvalue weighted by atomic mass is 10.0. The van der Waals surface area contributed by atoms with Crippen LogP contribution in [-0.2, 0) is 25.6 Å². The number of carbonyl (C=O) groups is 2. The summed E-state index contributed by atoms with van der Waals surface area (Å²) in [5.74, 6) is 0.665. The first kappa shape index (κ1) is 24.8. The highest BCUT2D eigenvalue weighted by Gasteiger charge is 2.41. The molecule has 8 nitrogen and oxygen atoms in total. The average molecular weight is 468 g/mol. The molecule has 4 rings (SSSR count). The standard InChI is InChI=1S/C23H33N3O5.ClH/c1-23(2)22(28)25(10-4-11-29-3)18-13-16(5-8-19(18)31-23)15-26(17-6-7-17)21(27)20-14-24-9-12-30-20;/h5,8,13,17,20,24H,4,6-7,9-12,14-15H2,1-3H3;1H/t20-;/m1./s1. The maximum Gasteiger partial charge on any atom is 0.270 e. The van der Waals surface area contributed by atoms with Gasteiger partial charge in [0.25, 0.3) is 11.8 Å². The summed E-state index contributed by atoms with van der Waals surface area (Å²) in [5, 5.41) is 3.23. The third-order valence-electron chi connectivity index (χ3n) is 6.00. The number of morpholine rings is 1. The number of hydrogen-bond acceptors (Lipinski definition) is 6. The summed E-state index contributed by atoms with van der Waals surface area (Å²) in [6.45, 7) is 7.11. The van der Waals surface area contributed by atoms with Gasteiger partial charge in [-0.1, -0.05) is 6.07 Å². The molecule has 1 aliphatic carbocycles. The number of ether oxygens (including phenoxy) is 3. The molecule has 9 heteroatoms. The van der Waals surface area contributed by atoms with E-state index in [4.69, 9.17) is 14.2 Å². The van der Waals surface area contributed by atoms with E-state index in [0.717, 1.165) is 37.1 Å². The first-order chi connectivity index (χ1) is 14.9. The number of rotatable bonds is 8. The average Bonchev–Trinajstić information content (AvgIpc) is 3.60. The second-order valence-corrected chi connectivity index (χ2v) is 8.98. The molecule has 178 valence electrons. The van der Waals surface area contributed by atoms with Gasteiger partial charge in [0.2, 0.25) is 0 Å². The van der Waals surface area contributed by atoms with Gasteiger partial charge in [-0.25, -0.2) is 0 Å². The van der Waals surface area contributed by atoms with Crippen LogP contribution in [0, 0.1) is 0 Å². The molecule has 0 bridgehead atoms. The van der Waals surface area contributed by atoms with Crippen molar-refractivity contribution in [1.29, 1.82) is 0 Å². The Kier molecular flexibility index (Phi) is 8.03. The van der Waals surface area contributed by atoms with Gasteiger partial charge in [-0.05, 0) is 50.8 Å². The molecule has 2 amide bonds. The summed E-state index contributed by atoms with van der Waals surface area (Å²) in [4.78, 5) is 29.9. The third kappa shape index (κ3) is 5.36. The number of benzene rings is 1. The van der Waals surface area contributed by atoms with Gasteiger partial charge in [0.15, 0.2) is 5.60 Å². The van der Waals surface area contributed by atoms with Crippen molar-refractivity contribution in [3.63, 3.8) is 0 Å². The number of anilines is 1. The summed E-state index contributed by atoms with van der Waals surface area (Å²) in [6.07, 6.45) is 2.36. The Bertz CT molecular complexity index is 824. The largest absolute Gasteiger partial charge is 0.476 e. The quantitative estimate of drug-likeness (QED) is 0.590. The van der Waals surface area contributed by atoms with E-state index in [1.54, 1.807) is 25.9 Å². The van der Waals surface area contributed by atoms with Gasteiger partial charge < -0.3 is 29.3 Å². The Morgan fingerprint density at radius 3 is 2.78 bits per heavy atom. The number of methoxy groups -OCH3 is 1. The van der Waals surface area contributed by atoms with Gasteiger partial charge in [-0.2, -0.15) is 0 Å². The molecular formula is C23H34ClN3O5. The van der Waals surface area contributed by atoms with Crippen molar-refractivity contribution in [1.82, 2.24) is 10.2 Å². The summed E-state index contributed by atoms with van der Waals surface area (Å²) in [5.41, 5.74) is 0.829. The maximum absolute atomic E-state index is 13.1.